The number of aryl methyl sites for hydroxylation is 1. The van der Waals surface area contributed by atoms with Crippen LogP contribution in [0.5, 0.6) is 11.5 Å². The Labute approximate surface area is 123 Å². The van der Waals surface area contributed by atoms with Gasteiger partial charge in [0.2, 0.25) is 5.91 Å². The summed E-state index contributed by atoms with van der Waals surface area (Å²) in [5.41, 5.74) is 0.769. The molecule has 1 aliphatic rings. The van der Waals surface area contributed by atoms with E-state index in [9.17, 15) is 4.79 Å². The lowest BCUT2D eigenvalue weighted by Crippen LogP contribution is -2.38. The number of ether oxygens (including phenoxy) is 2. The minimum atomic E-state index is 0.0594. The number of anilines is 1. The number of hydrogen-bond acceptors (Lipinski definition) is 4. The second-order valence-electron chi connectivity index (χ2n) is 4.81. The highest BCUT2D eigenvalue weighted by Crippen LogP contribution is 2.35. The summed E-state index contributed by atoms with van der Waals surface area (Å²) >= 11 is 0. The number of carbonyl (C=O) groups is 1. The molecule has 0 fully saturated rings. The first-order chi connectivity index (χ1) is 10.3. The fourth-order valence-electron chi connectivity index (χ4n) is 2.40. The molecule has 0 atom stereocenters. The molecule has 5 nitrogen and oxygen atoms in total. The van der Waals surface area contributed by atoms with E-state index in [4.69, 9.17) is 13.9 Å². The van der Waals surface area contributed by atoms with Crippen LogP contribution in [0.25, 0.3) is 0 Å². The maximum Gasteiger partial charge on any atom is 0.227 e. The molecule has 1 aromatic heterocycles. The van der Waals surface area contributed by atoms with Crippen molar-refractivity contribution in [3.63, 3.8) is 0 Å². The minimum Gasteiger partial charge on any atom is -0.497 e. The standard InChI is InChI=1S/C16H17NO4/c1-19-13-4-6-15-14(11-13)17(8-10-21-15)16(18)7-5-12-3-2-9-20-12/h2-4,6,9,11H,5,7-8,10H2,1H3. The van der Waals surface area contributed by atoms with Gasteiger partial charge in [-0.25, -0.2) is 0 Å². The van der Waals surface area contributed by atoms with Crippen LogP contribution in [0.3, 0.4) is 0 Å². The van der Waals surface area contributed by atoms with Gasteiger partial charge in [0.1, 0.15) is 23.9 Å². The number of hydrogen-bond donors (Lipinski definition) is 0. The van der Waals surface area contributed by atoms with Crippen molar-refractivity contribution in [2.75, 3.05) is 25.2 Å². The number of benzene rings is 1. The summed E-state index contributed by atoms with van der Waals surface area (Å²) < 4.78 is 16.1. The molecule has 5 heteroatoms. The summed E-state index contributed by atoms with van der Waals surface area (Å²) in [5, 5.41) is 0. The van der Waals surface area contributed by atoms with Gasteiger partial charge in [-0.15, -0.1) is 0 Å². The average Bonchev–Trinajstić information content (AvgIpc) is 3.05. The van der Waals surface area contributed by atoms with Gasteiger partial charge in [-0.2, -0.15) is 0 Å². The molecule has 1 amide bonds. The Hall–Kier alpha value is -2.43. The van der Waals surface area contributed by atoms with Crippen molar-refractivity contribution in [2.24, 2.45) is 0 Å². The molecule has 2 heterocycles. The van der Waals surface area contributed by atoms with Gasteiger partial charge >= 0.3 is 0 Å². The van der Waals surface area contributed by atoms with Gasteiger partial charge < -0.3 is 18.8 Å². The topological polar surface area (TPSA) is 51.9 Å². The number of amides is 1. The third-order valence-electron chi connectivity index (χ3n) is 3.50. The van der Waals surface area contributed by atoms with E-state index in [1.807, 2.05) is 30.3 Å². The molecule has 0 saturated carbocycles. The van der Waals surface area contributed by atoms with Crippen LogP contribution in [0.15, 0.2) is 41.0 Å². The molecular weight excluding hydrogens is 270 g/mol. The largest absolute Gasteiger partial charge is 0.497 e. The van der Waals surface area contributed by atoms with Crippen molar-refractivity contribution in [1.29, 1.82) is 0 Å². The van der Waals surface area contributed by atoms with Gasteiger partial charge in [-0.1, -0.05) is 0 Å². The second-order valence-corrected chi connectivity index (χ2v) is 4.81. The molecule has 3 rings (SSSR count). The first-order valence-corrected chi connectivity index (χ1v) is 6.91. The highest BCUT2D eigenvalue weighted by atomic mass is 16.5. The van der Waals surface area contributed by atoms with Crippen LogP contribution in [-0.4, -0.2) is 26.2 Å². The van der Waals surface area contributed by atoms with Crippen molar-refractivity contribution < 1.29 is 18.7 Å². The molecule has 0 radical (unpaired) electrons. The first kappa shape index (κ1) is 13.5. The Balaban J connectivity index is 1.75. The zero-order chi connectivity index (χ0) is 14.7. The summed E-state index contributed by atoms with van der Waals surface area (Å²) in [7, 11) is 1.61. The van der Waals surface area contributed by atoms with E-state index in [-0.39, 0.29) is 5.91 Å². The lowest BCUT2D eigenvalue weighted by molar-refractivity contribution is -0.118. The Kier molecular flexibility index (Phi) is 3.81. The highest BCUT2D eigenvalue weighted by molar-refractivity contribution is 5.95. The van der Waals surface area contributed by atoms with E-state index < -0.39 is 0 Å². The van der Waals surface area contributed by atoms with Crippen LogP contribution < -0.4 is 14.4 Å². The molecule has 110 valence electrons. The number of furan rings is 1. The Morgan fingerprint density at radius 3 is 3.05 bits per heavy atom. The summed E-state index contributed by atoms with van der Waals surface area (Å²) in [5.74, 6) is 2.31. The van der Waals surface area contributed by atoms with Gasteiger partial charge in [0, 0.05) is 18.9 Å². The summed E-state index contributed by atoms with van der Waals surface area (Å²) in [6, 6.07) is 9.20. The van der Waals surface area contributed by atoms with E-state index in [2.05, 4.69) is 0 Å². The normalized spacial score (nSPS) is 13.5. The number of fused-ring (bicyclic) bond motifs is 1. The predicted molar refractivity (Wildman–Crippen MR) is 77.9 cm³/mol. The zero-order valence-electron chi connectivity index (χ0n) is 11.9. The third kappa shape index (κ3) is 2.86. The Morgan fingerprint density at radius 2 is 2.29 bits per heavy atom. The molecule has 0 unspecified atom stereocenters. The summed E-state index contributed by atoms with van der Waals surface area (Å²) in [4.78, 5) is 14.2. The van der Waals surface area contributed by atoms with Gasteiger partial charge in [0.05, 0.1) is 25.6 Å². The molecule has 1 aliphatic heterocycles. The Bertz CT molecular complexity index is 621. The molecule has 0 aliphatic carbocycles. The molecule has 21 heavy (non-hydrogen) atoms. The van der Waals surface area contributed by atoms with Crippen molar-refractivity contribution >= 4 is 11.6 Å². The van der Waals surface area contributed by atoms with Crippen molar-refractivity contribution in [2.45, 2.75) is 12.8 Å². The summed E-state index contributed by atoms with van der Waals surface area (Å²) in [6.07, 6.45) is 2.63. The van der Waals surface area contributed by atoms with Crippen LogP contribution in [-0.2, 0) is 11.2 Å². The van der Waals surface area contributed by atoms with Crippen LogP contribution >= 0.6 is 0 Å². The van der Waals surface area contributed by atoms with Crippen LogP contribution in [0, 0.1) is 0 Å². The second kappa shape index (κ2) is 5.91. The maximum absolute atomic E-state index is 12.4. The van der Waals surface area contributed by atoms with E-state index in [1.165, 1.54) is 0 Å². The molecule has 0 saturated heterocycles. The monoisotopic (exact) mass is 287 g/mol. The first-order valence-electron chi connectivity index (χ1n) is 6.91. The molecule has 2 aromatic rings. The van der Waals surface area contributed by atoms with Crippen molar-refractivity contribution in [1.82, 2.24) is 0 Å². The third-order valence-corrected chi connectivity index (χ3v) is 3.50. The highest BCUT2D eigenvalue weighted by Gasteiger charge is 2.24. The lowest BCUT2D eigenvalue weighted by atomic mass is 10.2. The van der Waals surface area contributed by atoms with Gasteiger partial charge in [-0.05, 0) is 24.3 Å². The minimum absolute atomic E-state index is 0.0594. The smallest absolute Gasteiger partial charge is 0.227 e. The van der Waals surface area contributed by atoms with E-state index >= 15 is 0 Å². The fraction of sp³-hybridized carbons (Fsp3) is 0.312. The van der Waals surface area contributed by atoms with E-state index in [0.29, 0.717) is 37.5 Å². The summed E-state index contributed by atoms with van der Waals surface area (Å²) in [6.45, 7) is 1.06. The molecule has 0 spiro atoms. The zero-order valence-corrected chi connectivity index (χ0v) is 11.9. The van der Waals surface area contributed by atoms with Gasteiger partial charge in [0.15, 0.2) is 0 Å². The lowest BCUT2D eigenvalue weighted by Gasteiger charge is -2.29. The van der Waals surface area contributed by atoms with Crippen LogP contribution in [0.4, 0.5) is 5.69 Å². The van der Waals surface area contributed by atoms with Crippen LogP contribution in [0.2, 0.25) is 0 Å². The van der Waals surface area contributed by atoms with E-state index in [0.717, 1.165) is 11.4 Å². The predicted octanol–water partition coefficient (Wildman–Crippen LogP) is 2.65. The average molecular weight is 287 g/mol. The van der Waals surface area contributed by atoms with Gasteiger partial charge in [-0.3, -0.25) is 4.79 Å². The molecular formula is C16H17NO4. The van der Waals surface area contributed by atoms with Crippen molar-refractivity contribution in [3.05, 3.63) is 42.4 Å². The number of carbonyl (C=O) groups excluding carboxylic acids is 1. The van der Waals surface area contributed by atoms with Crippen LogP contribution in [0.1, 0.15) is 12.2 Å². The number of nitrogens with zero attached hydrogens (tertiary/aromatic N) is 1. The molecule has 1 aromatic carbocycles. The quantitative estimate of drug-likeness (QED) is 0.867. The van der Waals surface area contributed by atoms with E-state index in [1.54, 1.807) is 18.3 Å². The molecule has 0 bridgehead atoms. The number of rotatable bonds is 4. The fourth-order valence-corrected chi connectivity index (χ4v) is 2.40. The van der Waals surface area contributed by atoms with Gasteiger partial charge in [0.25, 0.3) is 0 Å². The molecule has 0 N–H and O–H groups in total. The SMILES string of the molecule is COc1ccc2c(c1)N(C(=O)CCc1ccco1)CCO2. The number of methoxy groups -OCH3 is 1. The van der Waals surface area contributed by atoms with Crippen molar-refractivity contribution in [3.8, 4) is 11.5 Å². The maximum atomic E-state index is 12.4. The Morgan fingerprint density at radius 1 is 1.38 bits per heavy atom.